The van der Waals surface area contributed by atoms with E-state index in [1.54, 1.807) is 36.4 Å². The van der Waals surface area contributed by atoms with Crippen molar-refractivity contribution >= 4 is 17.6 Å². The SMILES string of the molecule is O=C(C[C@H]([NH2+]Cc1ccco1)C(=O)[O-])Nc1ccc(Oc2ccccc2)cc1. The van der Waals surface area contributed by atoms with Crippen LogP contribution in [0.1, 0.15) is 12.2 Å². The van der Waals surface area contributed by atoms with Crippen LogP contribution in [0.4, 0.5) is 5.69 Å². The van der Waals surface area contributed by atoms with E-state index in [4.69, 9.17) is 9.15 Å². The Morgan fingerprint density at radius 1 is 1.00 bits per heavy atom. The quantitative estimate of drug-likeness (QED) is 0.581. The van der Waals surface area contributed by atoms with E-state index in [0.29, 0.717) is 29.5 Å². The molecule has 0 bridgehead atoms. The summed E-state index contributed by atoms with van der Waals surface area (Å²) in [5.74, 6) is 0.252. The van der Waals surface area contributed by atoms with Gasteiger partial charge in [-0.3, -0.25) is 4.79 Å². The highest BCUT2D eigenvalue weighted by molar-refractivity contribution is 5.93. The molecule has 7 nitrogen and oxygen atoms in total. The van der Waals surface area contributed by atoms with Gasteiger partial charge in [0, 0.05) is 5.69 Å². The van der Waals surface area contributed by atoms with Crippen molar-refractivity contribution < 1.29 is 29.2 Å². The van der Waals surface area contributed by atoms with Crippen LogP contribution in [0, 0.1) is 0 Å². The third kappa shape index (κ3) is 5.72. The molecule has 0 saturated heterocycles. The minimum Gasteiger partial charge on any atom is -0.544 e. The van der Waals surface area contributed by atoms with Gasteiger partial charge in [0.15, 0.2) is 5.76 Å². The number of hydrogen-bond donors (Lipinski definition) is 2. The molecule has 3 N–H and O–H groups in total. The average Bonchev–Trinajstić information content (AvgIpc) is 3.21. The summed E-state index contributed by atoms with van der Waals surface area (Å²) < 4.78 is 10.9. The number of para-hydroxylation sites is 1. The lowest BCUT2D eigenvalue weighted by atomic mass is 10.2. The predicted octanol–water partition coefficient (Wildman–Crippen LogP) is 1.28. The van der Waals surface area contributed by atoms with E-state index in [1.807, 2.05) is 30.3 Å². The average molecular weight is 380 g/mol. The highest BCUT2D eigenvalue weighted by Crippen LogP contribution is 2.22. The molecule has 1 atom stereocenters. The molecule has 0 radical (unpaired) electrons. The van der Waals surface area contributed by atoms with E-state index in [9.17, 15) is 14.7 Å². The number of carboxylic acids is 1. The van der Waals surface area contributed by atoms with Crippen molar-refractivity contribution in [1.29, 1.82) is 0 Å². The van der Waals surface area contributed by atoms with E-state index in [-0.39, 0.29) is 6.42 Å². The number of benzene rings is 2. The molecule has 0 unspecified atom stereocenters. The fourth-order valence-electron chi connectivity index (χ4n) is 2.59. The predicted molar refractivity (Wildman–Crippen MR) is 99.3 cm³/mol. The number of anilines is 1. The van der Waals surface area contributed by atoms with Gasteiger partial charge in [0.05, 0.1) is 18.7 Å². The van der Waals surface area contributed by atoms with Crippen molar-refractivity contribution in [2.24, 2.45) is 0 Å². The molecule has 0 aliphatic heterocycles. The molecule has 0 spiro atoms. The fraction of sp³-hybridized carbons (Fsp3) is 0.143. The van der Waals surface area contributed by atoms with Crippen molar-refractivity contribution in [3.63, 3.8) is 0 Å². The molecular weight excluding hydrogens is 360 g/mol. The van der Waals surface area contributed by atoms with Gasteiger partial charge in [0.2, 0.25) is 5.91 Å². The highest BCUT2D eigenvalue weighted by Gasteiger charge is 2.19. The first-order valence-electron chi connectivity index (χ1n) is 8.79. The van der Waals surface area contributed by atoms with Crippen LogP contribution in [0.15, 0.2) is 77.4 Å². The van der Waals surface area contributed by atoms with Crippen molar-refractivity contribution in [2.75, 3.05) is 5.32 Å². The molecule has 0 saturated carbocycles. The molecule has 0 aliphatic carbocycles. The standard InChI is InChI=1S/C21H20N2O5/c24-20(13-19(21(25)26)22-14-18-7-4-12-27-18)23-15-8-10-17(11-9-15)28-16-5-2-1-3-6-16/h1-12,19,22H,13-14H2,(H,23,24)(H,25,26)/t19-/m0/s1. The Morgan fingerprint density at radius 2 is 1.71 bits per heavy atom. The van der Waals surface area contributed by atoms with E-state index >= 15 is 0 Å². The molecule has 3 rings (SSSR count). The lowest BCUT2D eigenvalue weighted by Gasteiger charge is -2.16. The number of ether oxygens (including phenoxy) is 1. The van der Waals surface area contributed by atoms with Crippen molar-refractivity contribution in [3.05, 3.63) is 78.8 Å². The van der Waals surface area contributed by atoms with Crippen LogP contribution in [0.25, 0.3) is 0 Å². The number of aliphatic carboxylic acids is 1. The minimum atomic E-state index is -1.30. The number of furan rings is 1. The fourth-order valence-corrected chi connectivity index (χ4v) is 2.59. The topological polar surface area (TPSA) is 108 Å². The summed E-state index contributed by atoms with van der Waals surface area (Å²) in [6.07, 6.45) is 1.29. The molecule has 3 aromatic rings. The maximum atomic E-state index is 12.2. The maximum Gasteiger partial charge on any atom is 0.230 e. The Labute approximate surface area is 161 Å². The number of amides is 1. The zero-order chi connectivity index (χ0) is 19.8. The molecule has 1 heterocycles. The largest absolute Gasteiger partial charge is 0.544 e. The summed E-state index contributed by atoms with van der Waals surface area (Å²) in [6.45, 7) is 0.310. The smallest absolute Gasteiger partial charge is 0.230 e. The number of nitrogens with two attached hydrogens (primary N) is 1. The zero-order valence-electron chi connectivity index (χ0n) is 15.0. The van der Waals surface area contributed by atoms with Crippen LogP contribution in [0.5, 0.6) is 11.5 Å². The lowest BCUT2D eigenvalue weighted by molar-refractivity contribution is -0.698. The molecule has 7 heteroatoms. The van der Waals surface area contributed by atoms with Gasteiger partial charge in [-0.05, 0) is 48.5 Å². The Hall–Kier alpha value is -3.58. The van der Waals surface area contributed by atoms with Gasteiger partial charge in [0.25, 0.3) is 0 Å². The molecule has 0 fully saturated rings. The van der Waals surface area contributed by atoms with Gasteiger partial charge < -0.3 is 29.7 Å². The van der Waals surface area contributed by atoms with Crippen LogP contribution in [-0.4, -0.2) is 17.9 Å². The Kier molecular flexibility index (Phi) is 6.43. The maximum absolute atomic E-state index is 12.2. The van der Waals surface area contributed by atoms with Crippen LogP contribution in [-0.2, 0) is 16.1 Å². The minimum absolute atomic E-state index is 0.217. The third-order valence-corrected chi connectivity index (χ3v) is 4.01. The van der Waals surface area contributed by atoms with Gasteiger partial charge in [-0.15, -0.1) is 0 Å². The number of rotatable bonds is 9. The highest BCUT2D eigenvalue weighted by atomic mass is 16.5. The lowest BCUT2D eigenvalue weighted by Crippen LogP contribution is -2.92. The van der Waals surface area contributed by atoms with Crippen LogP contribution < -0.4 is 20.5 Å². The molecule has 0 aliphatic rings. The first kappa shape index (κ1) is 19.2. The summed E-state index contributed by atoms with van der Waals surface area (Å²) >= 11 is 0. The van der Waals surface area contributed by atoms with Gasteiger partial charge in [-0.25, -0.2) is 0 Å². The molecule has 2 aromatic carbocycles. The number of carbonyl (C=O) groups is 2. The van der Waals surface area contributed by atoms with E-state index in [1.165, 1.54) is 11.6 Å². The number of carboxylic acid groups (broad SMARTS) is 1. The van der Waals surface area contributed by atoms with Crippen LogP contribution >= 0.6 is 0 Å². The summed E-state index contributed by atoms with van der Waals surface area (Å²) in [5.41, 5.74) is 0.550. The monoisotopic (exact) mass is 380 g/mol. The first-order chi connectivity index (χ1) is 13.6. The second kappa shape index (κ2) is 9.38. The Morgan fingerprint density at radius 3 is 2.36 bits per heavy atom. The van der Waals surface area contributed by atoms with Crippen molar-refractivity contribution in [3.8, 4) is 11.5 Å². The summed E-state index contributed by atoms with van der Waals surface area (Å²) in [4.78, 5) is 23.5. The molecule has 28 heavy (non-hydrogen) atoms. The van der Waals surface area contributed by atoms with E-state index < -0.39 is 17.9 Å². The summed E-state index contributed by atoms with van der Waals surface area (Å²) in [7, 11) is 0. The number of hydrogen-bond acceptors (Lipinski definition) is 5. The zero-order valence-corrected chi connectivity index (χ0v) is 15.0. The number of nitrogens with one attached hydrogen (secondary N) is 1. The Balaban J connectivity index is 1.52. The second-order valence-corrected chi connectivity index (χ2v) is 6.14. The van der Waals surface area contributed by atoms with Gasteiger partial charge in [-0.1, -0.05) is 18.2 Å². The third-order valence-electron chi connectivity index (χ3n) is 4.01. The van der Waals surface area contributed by atoms with Gasteiger partial charge in [-0.2, -0.15) is 0 Å². The summed E-state index contributed by atoms with van der Waals surface area (Å²) in [5, 5.41) is 15.5. The van der Waals surface area contributed by atoms with Gasteiger partial charge >= 0.3 is 0 Å². The number of quaternary nitrogens is 1. The first-order valence-corrected chi connectivity index (χ1v) is 8.79. The van der Waals surface area contributed by atoms with Gasteiger partial charge in [0.1, 0.15) is 24.1 Å². The van der Waals surface area contributed by atoms with E-state index in [0.717, 1.165) is 0 Å². The van der Waals surface area contributed by atoms with Crippen LogP contribution in [0.3, 0.4) is 0 Å². The second-order valence-electron chi connectivity index (χ2n) is 6.14. The van der Waals surface area contributed by atoms with Crippen molar-refractivity contribution in [1.82, 2.24) is 0 Å². The van der Waals surface area contributed by atoms with Crippen molar-refractivity contribution in [2.45, 2.75) is 19.0 Å². The summed E-state index contributed by atoms with van der Waals surface area (Å²) in [6, 6.07) is 18.6. The van der Waals surface area contributed by atoms with Crippen LogP contribution in [0.2, 0.25) is 0 Å². The molecule has 1 amide bonds. The normalized spacial score (nSPS) is 11.6. The molecular formula is C21H20N2O5. The number of carbonyl (C=O) groups excluding carboxylic acids is 2. The van der Waals surface area contributed by atoms with E-state index in [2.05, 4.69) is 5.32 Å². The Bertz CT molecular complexity index is 892. The molecule has 1 aromatic heterocycles. The molecule has 144 valence electrons.